The first-order valence-corrected chi connectivity index (χ1v) is 5.78. The lowest BCUT2D eigenvalue weighted by molar-refractivity contribution is -0.139. The number of hydrogen-bond acceptors (Lipinski definition) is 3. The van der Waals surface area contributed by atoms with E-state index in [1.807, 2.05) is 30.5 Å². The molecule has 0 aliphatic heterocycles. The second kappa shape index (κ2) is 5.20. The number of para-hydroxylation sites is 1. The third kappa shape index (κ3) is 2.69. The molecule has 0 aliphatic rings. The number of fused-ring (bicyclic) bond motifs is 1. The van der Waals surface area contributed by atoms with Crippen LogP contribution in [0.5, 0.6) is 0 Å². The predicted octanol–water partition coefficient (Wildman–Crippen LogP) is 0.873. The number of aromatic nitrogens is 1. The molecular weight excluding hydrogens is 232 g/mol. The average Bonchev–Trinajstić information content (AvgIpc) is 2.72. The first kappa shape index (κ1) is 12.6. The highest BCUT2D eigenvalue weighted by atomic mass is 16.4. The first-order valence-electron chi connectivity index (χ1n) is 5.78. The Labute approximate surface area is 104 Å². The Morgan fingerprint density at radius 3 is 2.83 bits per heavy atom. The van der Waals surface area contributed by atoms with Gasteiger partial charge in [-0.25, -0.2) is 0 Å². The highest BCUT2D eigenvalue weighted by molar-refractivity contribution is 5.83. The van der Waals surface area contributed by atoms with E-state index in [0.29, 0.717) is 6.42 Å². The minimum absolute atomic E-state index is 0.330. The quantitative estimate of drug-likeness (QED) is 0.631. The number of aromatic amines is 1. The van der Waals surface area contributed by atoms with Crippen LogP contribution in [-0.2, 0) is 11.2 Å². The second-order valence-corrected chi connectivity index (χ2v) is 4.39. The molecule has 1 aromatic heterocycles. The zero-order valence-electron chi connectivity index (χ0n) is 9.84. The van der Waals surface area contributed by atoms with E-state index in [1.54, 1.807) is 0 Å². The lowest BCUT2D eigenvalue weighted by Gasteiger charge is -2.16. The number of carboxylic acids is 1. The summed E-state index contributed by atoms with van der Waals surface area (Å²) in [6.07, 6.45) is 0.927. The summed E-state index contributed by atoms with van der Waals surface area (Å²) in [6.45, 7) is 0. The van der Waals surface area contributed by atoms with Gasteiger partial charge in [-0.15, -0.1) is 0 Å². The molecule has 0 amide bonds. The Kier molecular flexibility index (Phi) is 3.64. The smallest absolute Gasteiger partial charge is 0.306 e. The van der Waals surface area contributed by atoms with Gasteiger partial charge in [-0.2, -0.15) is 0 Å². The van der Waals surface area contributed by atoms with Gasteiger partial charge >= 0.3 is 5.97 Å². The molecule has 1 heterocycles. The molecule has 0 bridgehead atoms. The van der Waals surface area contributed by atoms with Gasteiger partial charge in [0.1, 0.15) is 0 Å². The van der Waals surface area contributed by atoms with Crippen molar-refractivity contribution < 1.29 is 15.0 Å². The van der Waals surface area contributed by atoms with Crippen LogP contribution in [0.2, 0.25) is 0 Å². The second-order valence-electron chi connectivity index (χ2n) is 4.39. The van der Waals surface area contributed by atoms with Gasteiger partial charge in [0.05, 0.1) is 12.5 Å². The lowest BCUT2D eigenvalue weighted by atomic mass is 10.00. The molecule has 1 aromatic carbocycles. The van der Waals surface area contributed by atoms with E-state index in [0.717, 1.165) is 16.5 Å². The summed E-state index contributed by atoms with van der Waals surface area (Å²) in [4.78, 5) is 13.6. The minimum atomic E-state index is -1.04. The van der Waals surface area contributed by atoms with Crippen molar-refractivity contribution in [2.24, 2.45) is 5.73 Å². The van der Waals surface area contributed by atoms with Crippen molar-refractivity contribution in [1.29, 1.82) is 0 Å². The van der Waals surface area contributed by atoms with E-state index in [2.05, 4.69) is 4.98 Å². The van der Waals surface area contributed by atoms with Crippen molar-refractivity contribution >= 4 is 16.9 Å². The van der Waals surface area contributed by atoms with Crippen molar-refractivity contribution in [3.05, 3.63) is 36.0 Å². The lowest BCUT2D eigenvalue weighted by Crippen LogP contribution is -2.38. The number of benzene rings is 1. The van der Waals surface area contributed by atoms with Crippen molar-refractivity contribution in [3.63, 3.8) is 0 Å². The van der Waals surface area contributed by atoms with Gasteiger partial charge in [-0.3, -0.25) is 4.79 Å². The van der Waals surface area contributed by atoms with Gasteiger partial charge in [0, 0.05) is 23.1 Å². The van der Waals surface area contributed by atoms with Crippen LogP contribution in [0.3, 0.4) is 0 Å². The molecular formula is C13H16N2O3. The van der Waals surface area contributed by atoms with Gasteiger partial charge in [0.2, 0.25) is 0 Å². The standard InChI is InChI=1S/C13H16N2O3/c14-10(12(16)6-13(17)18)5-8-7-15-11-4-2-1-3-9(8)11/h1-4,7,10,12,15-16H,5-6,14H2,(H,17,18)/t10-,12+/m1/s1. The Bertz CT molecular complexity index is 550. The number of nitrogens with two attached hydrogens (primary N) is 1. The fourth-order valence-corrected chi connectivity index (χ4v) is 2.02. The molecule has 5 nitrogen and oxygen atoms in total. The summed E-state index contributed by atoms with van der Waals surface area (Å²) in [7, 11) is 0. The van der Waals surface area contributed by atoms with E-state index < -0.39 is 18.1 Å². The summed E-state index contributed by atoms with van der Waals surface area (Å²) in [5, 5.41) is 19.3. The zero-order chi connectivity index (χ0) is 13.1. The molecule has 2 atom stereocenters. The molecule has 2 rings (SSSR count). The third-order valence-corrected chi connectivity index (χ3v) is 3.01. The van der Waals surface area contributed by atoms with Crippen LogP contribution >= 0.6 is 0 Å². The fourth-order valence-electron chi connectivity index (χ4n) is 2.02. The number of H-pyrrole nitrogens is 1. The van der Waals surface area contributed by atoms with Crippen molar-refractivity contribution in [1.82, 2.24) is 4.98 Å². The summed E-state index contributed by atoms with van der Waals surface area (Å²) < 4.78 is 0. The maximum Gasteiger partial charge on any atom is 0.306 e. The molecule has 0 saturated carbocycles. The summed E-state index contributed by atoms with van der Waals surface area (Å²) in [5.41, 5.74) is 7.82. The monoisotopic (exact) mass is 248 g/mol. The van der Waals surface area contributed by atoms with Crippen LogP contribution in [0.1, 0.15) is 12.0 Å². The maximum absolute atomic E-state index is 10.5. The Morgan fingerprint density at radius 1 is 1.39 bits per heavy atom. The Balaban J connectivity index is 2.11. The van der Waals surface area contributed by atoms with E-state index >= 15 is 0 Å². The molecule has 0 aliphatic carbocycles. The third-order valence-electron chi connectivity index (χ3n) is 3.01. The van der Waals surface area contributed by atoms with E-state index in [-0.39, 0.29) is 6.42 Å². The summed E-state index contributed by atoms with van der Waals surface area (Å²) in [6, 6.07) is 7.20. The summed E-state index contributed by atoms with van der Waals surface area (Å²) in [5.74, 6) is -1.04. The molecule has 5 N–H and O–H groups in total. The molecule has 0 spiro atoms. The number of carbonyl (C=O) groups is 1. The minimum Gasteiger partial charge on any atom is -0.481 e. The molecule has 0 saturated heterocycles. The molecule has 18 heavy (non-hydrogen) atoms. The normalized spacial score (nSPS) is 14.6. The Morgan fingerprint density at radius 2 is 2.11 bits per heavy atom. The largest absolute Gasteiger partial charge is 0.481 e. The number of aliphatic carboxylic acids is 1. The number of nitrogens with one attached hydrogen (secondary N) is 1. The van der Waals surface area contributed by atoms with E-state index in [9.17, 15) is 9.90 Å². The number of carboxylic acid groups (broad SMARTS) is 1. The van der Waals surface area contributed by atoms with Crippen molar-refractivity contribution in [2.75, 3.05) is 0 Å². The fraction of sp³-hybridized carbons (Fsp3) is 0.308. The summed E-state index contributed by atoms with van der Waals surface area (Å²) >= 11 is 0. The molecule has 2 aromatic rings. The van der Waals surface area contributed by atoms with Crippen LogP contribution in [0, 0.1) is 0 Å². The average molecular weight is 248 g/mol. The van der Waals surface area contributed by atoms with E-state index in [1.165, 1.54) is 0 Å². The number of rotatable bonds is 5. The van der Waals surface area contributed by atoms with Crippen LogP contribution in [0.15, 0.2) is 30.5 Å². The predicted molar refractivity (Wildman–Crippen MR) is 68.2 cm³/mol. The van der Waals surface area contributed by atoms with Gasteiger partial charge in [-0.1, -0.05) is 18.2 Å². The molecule has 5 heteroatoms. The van der Waals surface area contributed by atoms with Crippen LogP contribution in [0.25, 0.3) is 10.9 Å². The highest BCUT2D eigenvalue weighted by Gasteiger charge is 2.19. The van der Waals surface area contributed by atoms with Gasteiger partial charge in [0.15, 0.2) is 0 Å². The number of hydrogen-bond donors (Lipinski definition) is 4. The van der Waals surface area contributed by atoms with E-state index in [4.69, 9.17) is 10.8 Å². The topological polar surface area (TPSA) is 99.3 Å². The maximum atomic E-state index is 10.5. The van der Waals surface area contributed by atoms with Crippen molar-refractivity contribution in [2.45, 2.75) is 25.0 Å². The van der Waals surface area contributed by atoms with Gasteiger partial charge in [0.25, 0.3) is 0 Å². The molecule has 96 valence electrons. The molecule has 0 radical (unpaired) electrons. The van der Waals surface area contributed by atoms with Crippen LogP contribution in [-0.4, -0.2) is 33.3 Å². The number of aliphatic hydroxyl groups excluding tert-OH is 1. The highest BCUT2D eigenvalue weighted by Crippen LogP contribution is 2.19. The van der Waals surface area contributed by atoms with Crippen molar-refractivity contribution in [3.8, 4) is 0 Å². The molecule has 0 fully saturated rings. The van der Waals surface area contributed by atoms with Gasteiger partial charge < -0.3 is 20.9 Å². The SMILES string of the molecule is N[C@H](Cc1c[nH]c2ccccc12)[C@@H](O)CC(=O)O. The zero-order valence-corrected chi connectivity index (χ0v) is 9.84. The Hall–Kier alpha value is -1.85. The first-order chi connectivity index (χ1) is 8.58. The van der Waals surface area contributed by atoms with Gasteiger partial charge in [-0.05, 0) is 18.1 Å². The van der Waals surface area contributed by atoms with Crippen LogP contribution in [0.4, 0.5) is 0 Å². The number of aliphatic hydroxyl groups is 1. The van der Waals surface area contributed by atoms with Crippen LogP contribution < -0.4 is 5.73 Å². The molecule has 0 unspecified atom stereocenters.